The predicted molar refractivity (Wildman–Crippen MR) is 130 cm³/mol. The van der Waals surface area contributed by atoms with Crippen molar-refractivity contribution in [1.29, 1.82) is 0 Å². The van der Waals surface area contributed by atoms with Gasteiger partial charge in [0.05, 0.1) is 12.5 Å². The number of hydrogen-bond donors (Lipinski definition) is 3. The van der Waals surface area contributed by atoms with Crippen LogP contribution in [0.3, 0.4) is 0 Å². The van der Waals surface area contributed by atoms with Gasteiger partial charge in [-0.1, -0.05) is 48.0 Å². The molecule has 1 aromatic heterocycles. The Morgan fingerprint density at radius 3 is 2.69 bits per heavy atom. The van der Waals surface area contributed by atoms with Gasteiger partial charge < -0.3 is 20.3 Å². The van der Waals surface area contributed by atoms with Crippen molar-refractivity contribution in [2.24, 2.45) is 0 Å². The van der Waals surface area contributed by atoms with E-state index in [-0.39, 0.29) is 24.1 Å². The second-order valence-electron chi connectivity index (χ2n) is 8.04. The zero-order chi connectivity index (χ0) is 22.5. The monoisotopic (exact) mass is 447 g/mol. The highest BCUT2D eigenvalue weighted by Gasteiger charge is 2.18. The van der Waals surface area contributed by atoms with Crippen molar-refractivity contribution < 1.29 is 9.90 Å². The molecule has 32 heavy (non-hydrogen) atoms. The standard InChI is InChI=1S/C26H26ClN3O2/c1-30(22-9-5-8-20(27)14-22)17-21(12-18-6-3-2-4-7-18)29-26(32)13-19-16-28-25-11-10-23(31)15-24(19)25/h2-11,14-16,21,28,31H,12-13,17H2,1H3,(H,29,32)/t21-/m0/s1. The number of H-pyrrole nitrogens is 1. The molecule has 5 nitrogen and oxygen atoms in total. The number of phenolic OH excluding ortho intramolecular Hbond substituents is 1. The van der Waals surface area contributed by atoms with Crippen LogP contribution in [0.2, 0.25) is 5.02 Å². The fourth-order valence-corrected chi connectivity index (χ4v) is 4.16. The largest absolute Gasteiger partial charge is 0.508 e. The average molecular weight is 448 g/mol. The first kappa shape index (κ1) is 21.8. The summed E-state index contributed by atoms with van der Waals surface area (Å²) in [4.78, 5) is 18.2. The normalized spacial score (nSPS) is 11.9. The van der Waals surface area contributed by atoms with Gasteiger partial charge in [0.15, 0.2) is 0 Å². The van der Waals surface area contributed by atoms with E-state index >= 15 is 0 Å². The lowest BCUT2D eigenvalue weighted by atomic mass is 10.0. The van der Waals surface area contributed by atoms with Crippen LogP contribution in [-0.4, -0.2) is 35.6 Å². The average Bonchev–Trinajstić information content (AvgIpc) is 3.16. The number of aromatic nitrogens is 1. The maximum absolute atomic E-state index is 13.0. The molecule has 0 aliphatic rings. The summed E-state index contributed by atoms with van der Waals surface area (Å²) in [6.07, 6.45) is 2.77. The summed E-state index contributed by atoms with van der Waals surface area (Å²) in [5.74, 6) is 0.124. The van der Waals surface area contributed by atoms with E-state index in [1.165, 1.54) is 0 Å². The Morgan fingerprint density at radius 2 is 1.91 bits per heavy atom. The number of phenols is 1. The molecule has 6 heteroatoms. The highest BCUT2D eigenvalue weighted by Crippen LogP contribution is 2.23. The molecule has 0 saturated carbocycles. The van der Waals surface area contributed by atoms with Gasteiger partial charge in [-0.3, -0.25) is 4.79 Å². The quantitative estimate of drug-likeness (QED) is 0.358. The van der Waals surface area contributed by atoms with Gasteiger partial charge in [0, 0.05) is 41.4 Å². The lowest BCUT2D eigenvalue weighted by molar-refractivity contribution is -0.121. The fraction of sp³-hybridized carbons (Fsp3) is 0.192. The number of aromatic amines is 1. The van der Waals surface area contributed by atoms with E-state index in [1.807, 2.05) is 61.8 Å². The summed E-state index contributed by atoms with van der Waals surface area (Å²) in [5, 5.41) is 14.6. The number of likely N-dealkylation sites (N-methyl/N-ethyl adjacent to an activating group) is 1. The van der Waals surface area contributed by atoms with Gasteiger partial charge in [-0.2, -0.15) is 0 Å². The van der Waals surface area contributed by atoms with E-state index in [0.717, 1.165) is 27.7 Å². The molecule has 0 aliphatic carbocycles. The van der Waals surface area contributed by atoms with Gasteiger partial charge in [0.25, 0.3) is 0 Å². The molecule has 4 aromatic rings. The van der Waals surface area contributed by atoms with Crippen LogP contribution >= 0.6 is 11.6 Å². The SMILES string of the molecule is CN(C[C@H](Cc1ccccc1)NC(=O)Cc1c[nH]c2ccc(O)cc12)c1cccc(Cl)c1. The maximum atomic E-state index is 13.0. The molecule has 0 aliphatic heterocycles. The molecule has 0 saturated heterocycles. The van der Waals surface area contributed by atoms with Gasteiger partial charge in [-0.25, -0.2) is 0 Å². The minimum absolute atomic E-state index is 0.0605. The van der Waals surface area contributed by atoms with E-state index < -0.39 is 0 Å². The number of nitrogens with zero attached hydrogens (tertiary/aromatic N) is 1. The van der Waals surface area contributed by atoms with E-state index in [2.05, 4.69) is 27.3 Å². The van der Waals surface area contributed by atoms with Crippen LogP contribution in [0.25, 0.3) is 10.9 Å². The van der Waals surface area contributed by atoms with Crippen molar-refractivity contribution >= 4 is 34.1 Å². The number of rotatable bonds is 8. The molecule has 3 N–H and O–H groups in total. The first-order valence-electron chi connectivity index (χ1n) is 10.6. The molecule has 0 radical (unpaired) electrons. The Balaban J connectivity index is 1.49. The van der Waals surface area contributed by atoms with Crippen molar-refractivity contribution in [3.63, 3.8) is 0 Å². The second kappa shape index (κ2) is 9.79. The molecule has 1 heterocycles. The third kappa shape index (κ3) is 5.42. The molecule has 0 fully saturated rings. The molecule has 164 valence electrons. The van der Waals surface area contributed by atoms with E-state index in [0.29, 0.717) is 18.0 Å². The number of carbonyl (C=O) groups is 1. The summed E-state index contributed by atoms with van der Waals surface area (Å²) in [7, 11) is 2.00. The predicted octanol–water partition coefficient (Wildman–Crippen LogP) is 4.93. The number of anilines is 1. The Kier molecular flexibility index (Phi) is 6.66. The van der Waals surface area contributed by atoms with Crippen molar-refractivity contribution in [2.75, 3.05) is 18.5 Å². The van der Waals surface area contributed by atoms with Crippen LogP contribution in [0.5, 0.6) is 5.75 Å². The molecular weight excluding hydrogens is 422 g/mol. The van der Waals surface area contributed by atoms with Crippen molar-refractivity contribution in [3.8, 4) is 5.75 Å². The van der Waals surface area contributed by atoms with E-state index in [9.17, 15) is 9.90 Å². The smallest absolute Gasteiger partial charge is 0.224 e. The van der Waals surface area contributed by atoms with Crippen LogP contribution in [0, 0.1) is 0 Å². The van der Waals surface area contributed by atoms with Crippen molar-refractivity contribution in [3.05, 3.63) is 95.1 Å². The molecule has 4 rings (SSSR count). The summed E-state index contributed by atoms with van der Waals surface area (Å²) >= 11 is 6.16. The maximum Gasteiger partial charge on any atom is 0.224 e. The summed E-state index contributed by atoms with van der Waals surface area (Å²) in [6, 6.07) is 22.9. The number of nitrogens with one attached hydrogen (secondary N) is 2. The van der Waals surface area contributed by atoms with Gasteiger partial charge in [-0.05, 0) is 53.9 Å². The molecule has 0 bridgehead atoms. The molecular formula is C26H26ClN3O2. The lowest BCUT2D eigenvalue weighted by Crippen LogP contribution is -2.44. The zero-order valence-corrected chi connectivity index (χ0v) is 18.6. The Bertz CT molecular complexity index is 1210. The van der Waals surface area contributed by atoms with Crippen LogP contribution in [0.4, 0.5) is 5.69 Å². The van der Waals surface area contributed by atoms with Crippen LogP contribution < -0.4 is 10.2 Å². The molecule has 0 spiro atoms. The topological polar surface area (TPSA) is 68.4 Å². The Morgan fingerprint density at radius 1 is 1.09 bits per heavy atom. The Labute approximate surface area is 192 Å². The number of fused-ring (bicyclic) bond motifs is 1. The van der Waals surface area contributed by atoms with Gasteiger partial charge in [-0.15, -0.1) is 0 Å². The van der Waals surface area contributed by atoms with Gasteiger partial charge >= 0.3 is 0 Å². The first-order chi connectivity index (χ1) is 15.5. The number of halogens is 1. The number of carbonyl (C=O) groups excluding carboxylic acids is 1. The summed E-state index contributed by atoms with van der Waals surface area (Å²) in [6.45, 7) is 0.635. The van der Waals surface area contributed by atoms with Crippen molar-refractivity contribution in [2.45, 2.75) is 18.9 Å². The number of aromatic hydroxyl groups is 1. The van der Waals surface area contributed by atoms with Crippen LogP contribution in [0.15, 0.2) is 79.0 Å². The third-order valence-corrected chi connectivity index (χ3v) is 5.77. The number of hydrogen-bond acceptors (Lipinski definition) is 3. The molecule has 0 unspecified atom stereocenters. The molecule has 3 aromatic carbocycles. The zero-order valence-electron chi connectivity index (χ0n) is 17.9. The lowest BCUT2D eigenvalue weighted by Gasteiger charge is -2.27. The Hall–Kier alpha value is -3.44. The van der Waals surface area contributed by atoms with E-state index in [4.69, 9.17) is 11.6 Å². The second-order valence-corrected chi connectivity index (χ2v) is 8.47. The number of amides is 1. The minimum Gasteiger partial charge on any atom is -0.508 e. The summed E-state index contributed by atoms with van der Waals surface area (Å²) < 4.78 is 0. The van der Waals surface area contributed by atoms with Crippen LogP contribution in [-0.2, 0) is 17.6 Å². The molecule has 1 atom stereocenters. The first-order valence-corrected chi connectivity index (χ1v) is 10.9. The van der Waals surface area contributed by atoms with Gasteiger partial charge in [0.2, 0.25) is 5.91 Å². The minimum atomic E-state index is -0.0903. The van der Waals surface area contributed by atoms with Gasteiger partial charge in [0.1, 0.15) is 5.75 Å². The third-order valence-electron chi connectivity index (χ3n) is 5.54. The fourth-order valence-electron chi connectivity index (χ4n) is 3.97. The van der Waals surface area contributed by atoms with E-state index in [1.54, 1.807) is 12.1 Å². The van der Waals surface area contributed by atoms with Crippen molar-refractivity contribution in [1.82, 2.24) is 10.3 Å². The molecule has 1 amide bonds. The highest BCUT2D eigenvalue weighted by atomic mass is 35.5. The number of benzene rings is 3. The van der Waals surface area contributed by atoms with Crippen LogP contribution in [0.1, 0.15) is 11.1 Å². The summed E-state index contributed by atoms with van der Waals surface area (Å²) in [5.41, 5.74) is 3.91. The highest BCUT2D eigenvalue weighted by molar-refractivity contribution is 6.30.